The Labute approximate surface area is 171 Å². The van der Waals surface area contributed by atoms with Crippen molar-refractivity contribution in [1.82, 2.24) is 9.80 Å². The van der Waals surface area contributed by atoms with Gasteiger partial charge in [-0.2, -0.15) is 0 Å². The lowest BCUT2D eigenvalue weighted by molar-refractivity contribution is 0.123. The fourth-order valence-corrected chi connectivity index (χ4v) is 5.14. The number of nitrogens with zero attached hydrogens (tertiary/aromatic N) is 2. The number of piperazine rings is 1. The van der Waals surface area contributed by atoms with E-state index in [0.717, 1.165) is 55.8 Å². The highest BCUT2D eigenvalue weighted by Gasteiger charge is 2.19. The minimum Gasteiger partial charge on any atom is -0.423 e. The standard InChI is InChI=1S/C21H23BrN2O2S/c1-14-9-18-16(11-21(25)26-19(18)10-15(14)2)12-23-5-7-24(8-6-23)13-17-3-4-20(22)27-17/h3-4,9-11H,5-8,12-13H2,1-2H3. The summed E-state index contributed by atoms with van der Waals surface area (Å²) >= 11 is 5.34. The molecule has 1 saturated heterocycles. The van der Waals surface area contributed by atoms with Gasteiger partial charge in [-0.25, -0.2) is 4.79 Å². The van der Waals surface area contributed by atoms with E-state index in [2.05, 4.69) is 50.9 Å². The molecule has 0 radical (unpaired) electrons. The molecular weight excluding hydrogens is 424 g/mol. The third kappa shape index (κ3) is 4.35. The van der Waals surface area contributed by atoms with Crippen LogP contribution in [0.3, 0.4) is 0 Å². The molecule has 142 valence electrons. The quantitative estimate of drug-likeness (QED) is 0.550. The van der Waals surface area contributed by atoms with E-state index in [1.165, 1.54) is 14.2 Å². The normalized spacial score (nSPS) is 16.3. The summed E-state index contributed by atoms with van der Waals surface area (Å²) in [5, 5.41) is 1.06. The third-order valence-electron chi connectivity index (χ3n) is 5.31. The Morgan fingerprint density at radius 1 is 1.00 bits per heavy atom. The van der Waals surface area contributed by atoms with E-state index in [4.69, 9.17) is 4.42 Å². The van der Waals surface area contributed by atoms with Gasteiger partial charge in [0.15, 0.2) is 0 Å². The molecule has 1 fully saturated rings. The summed E-state index contributed by atoms with van der Waals surface area (Å²) in [7, 11) is 0. The number of halogens is 1. The molecule has 4 rings (SSSR count). The van der Waals surface area contributed by atoms with Gasteiger partial charge in [-0.1, -0.05) is 0 Å². The van der Waals surface area contributed by atoms with Crippen molar-refractivity contribution < 1.29 is 4.42 Å². The first-order valence-corrected chi connectivity index (χ1v) is 10.8. The van der Waals surface area contributed by atoms with Crippen LogP contribution >= 0.6 is 27.3 Å². The van der Waals surface area contributed by atoms with E-state index in [9.17, 15) is 4.79 Å². The van der Waals surface area contributed by atoms with Gasteiger partial charge >= 0.3 is 5.63 Å². The molecule has 1 aliphatic rings. The summed E-state index contributed by atoms with van der Waals surface area (Å²) in [6, 6.07) is 10.1. The van der Waals surface area contributed by atoms with Crippen molar-refractivity contribution in [1.29, 1.82) is 0 Å². The zero-order chi connectivity index (χ0) is 19.0. The van der Waals surface area contributed by atoms with E-state index in [1.807, 2.05) is 13.0 Å². The van der Waals surface area contributed by atoms with Gasteiger partial charge in [0.2, 0.25) is 0 Å². The maximum atomic E-state index is 12.0. The molecule has 6 heteroatoms. The van der Waals surface area contributed by atoms with Crippen LogP contribution < -0.4 is 5.63 Å². The lowest BCUT2D eigenvalue weighted by Gasteiger charge is -2.34. The Kier molecular flexibility index (Phi) is 5.50. The molecule has 0 spiro atoms. The van der Waals surface area contributed by atoms with E-state index < -0.39 is 0 Å². The highest BCUT2D eigenvalue weighted by molar-refractivity contribution is 9.11. The number of rotatable bonds is 4. The molecule has 4 nitrogen and oxygen atoms in total. The zero-order valence-corrected chi connectivity index (χ0v) is 18.0. The van der Waals surface area contributed by atoms with Crippen molar-refractivity contribution >= 4 is 38.2 Å². The van der Waals surface area contributed by atoms with E-state index in [-0.39, 0.29) is 5.63 Å². The van der Waals surface area contributed by atoms with Gasteiger partial charge in [-0.3, -0.25) is 9.80 Å². The number of benzene rings is 1. The van der Waals surface area contributed by atoms with Crippen LogP contribution in [0.2, 0.25) is 0 Å². The molecule has 0 aliphatic carbocycles. The van der Waals surface area contributed by atoms with Crippen LogP contribution in [0.4, 0.5) is 0 Å². The number of aryl methyl sites for hydroxylation is 2. The molecule has 0 saturated carbocycles. The van der Waals surface area contributed by atoms with Gasteiger partial charge in [0.1, 0.15) is 5.58 Å². The molecule has 27 heavy (non-hydrogen) atoms. The molecule has 0 atom stereocenters. The van der Waals surface area contributed by atoms with E-state index >= 15 is 0 Å². The first-order chi connectivity index (χ1) is 13.0. The molecule has 1 aliphatic heterocycles. The maximum absolute atomic E-state index is 12.0. The monoisotopic (exact) mass is 446 g/mol. The van der Waals surface area contributed by atoms with Crippen LogP contribution in [0.5, 0.6) is 0 Å². The van der Waals surface area contributed by atoms with Crippen molar-refractivity contribution in [2.75, 3.05) is 26.2 Å². The minimum atomic E-state index is -0.261. The average Bonchev–Trinajstić information content (AvgIpc) is 3.03. The highest BCUT2D eigenvalue weighted by Crippen LogP contribution is 2.25. The lowest BCUT2D eigenvalue weighted by Crippen LogP contribution is -2.45. The SMILES string of the molecule is Cc1cc2oc(=O)cc(CN3CCN(Cc4ccc(Br)s4)CC3)c2cc1C. The van der Waals surface area contributed by atoms with Crippen molar-refractivity contribution in [3.63, 3.8) is 0 Å². The number of fused-ring (bicyclic) bond motifs is 1. The fourth-order valence-electron chi connectivity index (χ4n) is 3.62. The van der Waals surface area contributed by atoms with E-state index in [1.54, 1.807) is 17.4 Å². The predicted molar refractivity (Wildman–Crippen MR) is 115 cm³/mol. The van der Waals surface area contributed by atoms with Gasteiger partial charge in [0.05, 0.1) is 3.79 Å². The second-order valence-corrected chi connectivity index (χ2v) is 9.83. The number of thiophene rings is 1. The first-order valence-electron chi connectivity index (χ1n) is 9.21. The molecule has 3 aromatic rings. The second-order valence-electron chi connectivity index (χ2n) is 7.28. The molecule has 0 bridgehead atoms. The Morgan fingerprint density at radius 3 is 2.33 bits per heavy atom. The Hall–Kier alpha value is -1.47. The number of hydrogen-bond acceptors (Lipinski definition) is 5. The van der Waals surface area contributed by atoms with Crippen LogP contribution in [0.1, 0.15) is 21.6 Å². The van der Waals surface area contributed by atoms with Gasteiger partial charge in [0.25, 0.3) is 0 Å². The van der Waals surface area contributed by atoms with Crippen LogP contribution in [0.25, 0.3) is 11.0 Å². The molecule has 1 aromatic carbocycles. The zero-order valence-electron chi connectivity index (χ0n) is 15.6. The topological polar surface area (TPSA) is 36.7 Å². The molecule has 2 aromatic heterocycles. The summed E-state index contributed by atoms with van der Waals surface area (Å²) in [5.41, 5.74) is 3.88. The van der Waals surface area contributed by atoms with Crippen LogP contribution in [0.15, 0.2) is 43.3 Å². The average molecular weight is 447 g/mol. The van der Waals surface area contributed by atoms with Crippen LogP contribution in [-0.2, 0) is 13.1 Å². The summed E-state index contributed by atoms with van der Waals surface area (Å²) in [4.78, 5) is 18.3. The molecular formula is C21H23BrN2O2S. The van der Waals surface area contributed by atoms with Crippen LogP contribution in [-0.4, -0.2) is 36.0 Å². The highest BCUT2D eigenvalue weighted by atomic mass is 79.9. The molecule has 3 heterocycles. The Bertz CT molecular complexity index is 1020. The number of hydrogen-bond donors (Lipinski definition) is 0. The maximum Gasteiger partial charge on any atom is 0.336 e. The third-order valence-corrected chi connectivity index (χ3v) is 6.92. The molecule has 0 unspecified atom stereocenters. The van der Waals surface area contributed by atoms with Crippen molar-refractivity contribution in [3.05, 3.63) is 66.1 Å². The summed E-state index contributed by atoms with van der Waals surface area (Å²) < 4.78 is 6.62. The smallest absolute Gasteiger partial charge is 0.336 e. The lowest BCUT2D eigenvalue weighted by atomic mass is 10.0. The Balaban J connectivity index is 1.46. The summed E-state index contributed by atoms with van der Waals surface area (Å²) in [6.07, 6.45) is 0. The minimum absolute atomic E-state index is 0.261. The van der Waals surface area contributed by atoms with Gasteiger partial charge in [0, 0.05) is 55.6 Å². The van der Waals surface area contributed by atoms with Gasteiger partial charge in [-0.15, -0.1) is 11.3 Å². The van der Waals surface area contributed by atoms with E-state index in [0.29, 0.717) is 5.58 Å². The largest absolute Gasteiger partial charge is 0.423 e. The van der Waals surface area contributed by atoms with Gasteiger partial charge < -0.3 is 4.42 Å². The second kappa shape index (κ2) is 7.87. The van der Waals surface area contributed by atoms with Crippen LogP contribution in [0, 0.1) is 13.8 Å². The molecule has 0 amide bonds. The molecule has 0 N–H and O–H groups in total. The summed E-state index contributed by atoms with van der Waals surface area (Å²) in [5.74, 6) is 0. The fraction of sp³-hybridized carbons (Fsp3) is 0.381. The van der Waals surface area contributed by atoms with Gasteiger partial charge in [-0.05, 0) is 70.7 Å². The summed E-state index contributed by atoms with van der Waals surface area (Å²) in [6.45, 7) is 10.1. The van der Waals surface area contributed by atoms with Crippen molar-refractivity contribution in [2.45, 2.75) is 26.9 Å². The van der Waals surface area contributed by atoms with Crippen molar-refractivity contribution in [2.24, 2.45) is 0 Å². The first kappa shape index (κ1) is 18.9. The predicted octanol–water partition coefficient (Wildman–Crippen LogP) is 4.55. The van der Waals surface area contributed by atoms with Crippen molar-refractivity contribution in [3.8, 4) is 0 Å². The Morgan fingerprint density at radius 2 is 1.67 bits per heavy atom.